The Kier molecular flexibility index (Phi) is 25.2. The number of nitrogens with one attached hydrogen (secondary N) is 4. The SMILES string of the molecule is C#CCOCCOCCNC(=O)CCC(CCC(=O)NCCOCCOCC#C)(CCC(=O)NCCOCCOCC#C)NC(=O)C12CCC(OP(C)(=O)O)(CC1)CC2. The highest BCUT2D eigenvalue weighted by atomic mass is 31.2. The summed E-state index contributed by atoms with van der Waals surface area (Å²) in [5, 5.41) is 11.8. The smallest absolute Gasteiger partial charge is 0.325 e. The van der Waals surface area contributed by atoms with Gasteiger partial charge in [0.1, 0.15) is 19.8 Å². The Balaban J connectivity index is 2.17. The lowest BCUT2D eigenvalue weighted by Gasteiger charge is -2.53. The molecule has 3 aliphatic carbocycles. The van der Waals surface area contributed by atoms with Crippen molar-refractivity contribution in [1.82, 2.24) is 21.3 Å². The summed E-state index contributed by atoms with van der Waals surface area (Å²) in [6.07, 6.45) is 18.5. The summed E-state index contributed by atoms with van der Waals surface area (Å²) in [7, 11) is -3.76. The highest BCUT2D eigenvalue weighted by Gasteiger charge is 2.55. The fourth-order valence-electron chi connectivity index (χ4n) is 7.09. The third-order valence-electron chi connectivity index (χ3n) is 10.3. The van der Waals surface area contributed by atoms with Crippen molar-refractivity contribution in [2.24, 2.45) is 5.41 Å². The van der Waals surface area contributed by atoms with E-state index in [2.05, 4.69) is 39.0 Å². The highest BCUT2D eigenvalue weighted by Crippen LogP contribution is 2.58. The highest BCUT2D eigenvalue weighted by molar-refractivity contribution is 7.51. The molecule has 0 saturated heterocycles. The van der Waals surface area contributed by atoms with E-state index in [-0.39, 0.29) is 121 Å². The van der Waals surface area contributed by atoms with Gasteiger partial charge in [-0.3, -0.25) is 23.7 Å². The minimum atomic E-state index is -3.76. The lowest BCUT2D eigenvalue weighted by atomic mass is 9.58. The first kappa shape index (κ1) is 51.6. The molecule has 0 radical (unpaired) electrons. The first-order valence-electron chi connectivity index (χ1n) is 20.2. The molecule has 59 heavy (non-hydrogen) atoms. The number of fused-ring (bicyclic) bond motifs is 3. The van der Waals surface area contributed by atoms with Crippen molar-refractivity contribution in [3.05, 3.63) is 0 Å². The van der Waals surface area contributed by atoms with Gasteiger partial charge in [-0.05, 0) is 57.8 Å². The van der Waals surface area contributed by atoms with E-state index in [1.807, 2.05) is 0 Å². The number of hydrogen-bond acceptors (Lipinski definition) is 12. The third-order valence-corrected chi connectivity index (χ3v) is 11.0. The second-order valence-corrected chi connectivity index (χ2v) is 16.5. The van der Waals surface area contributed by atoms with Gasteiger partial charge in [-0.15, -0.1) is 19.3 Å². The Bertz CT molecular complexity index is 1330. The molecule has 3 aliphatic rings. The van der Waals surface area contributed by atoms with Gasteiger partial charge < -0.3 is 59.1 Å². The van der Waals surface area contributed by atoms with E-state index in [4.69, 9.17) is 52.2 Å². The maximum absolute atomic E-state index is 14.5. The van der Waals surface area contributed by atoms with Gasteiger partial charge in [0.05, 0.1) is 65.1 Å². The molecule has 1 unspecified atom stereocenters. The summed E-state index contributed by atoms with van der Waals surface area (Å²) >= 11 is 0. The number of ether oxygens (including phenoxy) is 6. The van der Waals surface area contributed by atoms with Crippen LogP contribution in [-0.4, -0.2) is 145 Å². The molecule has 17 nitrogen and oxygen atoms in total. The molecule has 0 heterocycles. The van der Waals surface area contributed by atoms with Crippen LogP contribution in [0.4, 0.5) is 0 Å². The number of carbonyl (C=O) groups excluding carboxylic acids is 4. The molecule has 0 aromatic rings. The molecule has 1 atom stereocenters. The van der Waals surface area contributed by atoms with E-state index in [1.54, 1.807) is 0 Å². The van der Waals surface area contributed by atoms with Gasteiger partial charge in [0.15, 0.2) is 0 Å². The van der Waals surface area contributed by atoms with Crippen LogP contribution in [0.3, 0.4) is 0 Å². The Morgan fingerprint density at radius 2 is 0.932 bits per heavy atom. The number of carbonyl (C=O) groups is 4. The van der Waals surface area contributed by atoms with Crippen molar-refractivity contribution in [3.63, 3.8) is 0 Å². The summed E-state index contributed by atoms with van der Waals surface area (Å²) in [6.45, 7) is 5.05. The van der Waals surface area contributed by atoms with Gasteiger partial charge in [-0.25, -0.2) is 0 Å². The van der Waals surface area contributed by atoms with E-state index < -0.39 is 24.2 Å². The minimum absolute atomic E-state index is 0.00773. The van der Waals surface area contributed by atoms with E-state index in [0.717, 1.165) is 0 Å². The average Bonchev–Trinajstić information content (AvgIpc) is 3.21. The van der Waals surface area contributed by atoms with Crippen LogP contribution in [0, 0.1) is 42.4 Å². The number of rotatable bonds is 34. The number of hydrogen-bond donors (Lipinski definition) is 5. The van der Waals surface area contributed by atoms with Crippen LogP contribution >= 0.6 is 7.60 Å². The van der Waals surface area contributed by atoms with Crippen LogP contribution in [-0.2, 0) is 56.7 Å². The van der Waals surface area contributed by atoms with Crippen molar-refractivity contribution in [3.8, 4) is 37.0 Å². The normalized spacial score (nSPS) is 19.4. The summed E-state index contributed by atoms with van der Waals surface area (Å²) < 4.78 is 49.9. The van der Waals surface area contributed by atoms with Crippen LogP contribution in [0.15, 0.2) is 0 Å². The standard InChI is InChI=1S/C41H65N4O13P/c1-5-23-52-29-32-55-26-20-42-35(46)8-11-40(12-9-36(47)43-21-27-56-33-30-53-24-6-2,13-10-37(48)44-22-28-57-34-31-54-25-7-3)45-38(49)39-14-17-41(18-15-39,19-16-39)58-59(4,50)51/h1-3H,8-34H2,4H3,(H,42,46)(H,43,47)(H,44,48)(H,45,49)(H,50,51). The lowest BCUT2D eigenvalue weighted by molar-refractivity contribution is -0.148. The van der Waals surface area contributed by atoms with Crippen molar-refractivity contribution < 1.29 is 61.6 Å². The van der Waals surface area contributed by atoms with Crippen LogP contribution in [0.1, 0.15) is 77.0 Å². The zero-order valence-electron chi connectivity index (χ0n) is 34.6. The molecule has 5 N–H and O–H groups in total. The van der Waals surface area contributed by atoms with Gasteiger partial charge >= 0.3 is 7.60 Å². The largest absolute Gasteiger partial charge is 0.377 e. The van der Waals surface area contributed by atoms with Crippen molar-refractivity contribution in [2.75, 3.05) is 106 Å². The van der Waals surface area contributed by atoms with Crippen LogP contribution in [0.2, 0.25) is 0 Å². The Labute approximate surface area is 349 Å². The molecule has 3 fully saturated rings. The van der Waals surface area contributed by atoms with E-state index in [0.29, 0.717) is 78.2 Å². The van der Waals surface area contributed by atoms with E-state index in [9.17, 15) is 28.6 Å². The molecular weight excluding hydrogens is 787 g/mol. The summed E-state index contributed by atoms with van der Waals surface area (Å²) in [5.74, 6) is 6.01. The number of amides is 4. The fraction of sp³-hybridized carbons (Fsp3) is 0.756. The van der Waals surface area contributed by atoms with Crippen LogP contribution < -0.4 is 21.3 Å². The minimum Gasteiger partial charge on any atom is -0.377 e. The topological polar surface area (TPSA) is 218 Å². The maximum atomic E-state index is 14.5. The predicted octanol–water partition coefficient (Wildman–Crippen LogP) is 1.45. The van der Waals surface area contributed by atoms with E-state index in [1.165, 1.54) is 6.66 Å². The Morgan fingerprint density at radius 1 is 0.593 bits per heavy atom. The Morgan fingerprint density at radius 3 is 1.25 bits per heavy atom. The second-order valence-electron chi connectivity index (χ2n) is 14.7. The van der Waals surface area contributed by atoms with Crippen molar-refractivity contribution in [2.45, 2.75) is 88.2 Å². The molecule has 0 spiro atoms. The quantitative estimate of drug-likeness (QED) is 0.0353. The fourth-order valence-corrected chi connectivity index (χ4v) is 8.08. The lowest BCUT2D eigenvalue weighted by Crippen LogP contribution is -2.59. The summed E-state index contributed by atoms with van der Waals surface area (Å²) in [4.78, 5) is 63.9. The van der Waals surface area contributed by atoms with Crippen molar-refractivity contribution in [1.29, 1.82) is 0 Å². The first-order valence-corrected chi connectivity index (χ1v) is 22.3. The molecule has 3 saturated carbocycles. The predicted molar refractivity (Wildman–Crippen MR) is 219 cm³/mol. The molecule has 0 aromatic carbocycles. The van der Waals surface area contributed by atoms with Crippen molar-refractivity contribution >= 4 is 31.2 Å². The molecule has 332 valence electrons. The molecule has 18 heteroatoms. The Hall–Kier alpha value is -3.53. The molecule has 3 rings (SSSR count). The number of terminal acetylenes is 3. The van der Waals surface area contributed by atoms with E-state index >= 15 is 0 Å². The second kappa shape index (κ2) is 28.9. The molecular formula is C41H65N4O13P. The zero-order valence-corrected chi connectivity index (χ0v) is 35.5. The summed E-state index contributed by atoms with van der Waals surface area (Å²) in [6, 6.07) is 0. The van der Waals surface area contributed by atoms with Gasteiger partial charge in [0.25, 0.3) is 0 Å². The zero-order chi connectivity index (χ0) is 43.3. The molecule has 4 amide bonds. The molecule has 2 bridgehead atoms. The van der Waals surface area contributed by atoms with Gasteiger partial charge in [-0.1, -0.05) is 17.8 Å². The summed E-state index contributed by atoms with van der Waals surface area (Å²) in [5.41, 5.74) is -2.67. The monoisotopic (exact) mass is 852 g/mol. The molecule has 0 aromatic heterocycles. The average molecular weight is 853 g/mol. The van der Waals surface area contributed by atoms with Crippen LogP contribution in [0.5, 0.6) is 0 Å². The van der Waals surface area contributed by atoms with Gasteiger partial charge in [0.2, 0.25) is 23.6 Å². The van der Waals surface area contributed by atoms with Gasteiger partial charge in [-0.2, -0.15) is 0 Å². The van der Waals surface area contributed by atoms with Gasteiger partial charge in [0, 0.05) is 56.5 Å². The maximum Gasteiger partial charge on any atom is 0.325 e. The molecule has 0 aliphatic heterocycles. The first-order chi connectivity index (χ1) is 28.3. The third kappa shape index (κ3) is 22.0. The van der Waals surface area contributed by atoms with Crippen LogP contribution in [0.25, 0.3) is 0 Å².